The first-order chi connectivity index (χ1) is 13.8. The standard InChI is InChI=1S/C27H39P/c1-4-6-15-23-16-13-21-27(25(23)19-7-5-2)28(24-17-9-8-10-18-24)26-20-12-11-14-22(26)3/h11-14,16,20-21,24H,4-10,15,17-19H2,1-3H3. The molecule has 2 aromatic carbocycles. The molecule has 0 aromatic heterocycles. The van der Waals surface area contributed by atoms with E-state index in [0.29, 0.717) is 0 Å². The van der Waals surface area contributed by atoms with Crippen molar-refractivity contribution in [3.05, 3.63) is 59.2 Å². The Morgan fingerprint density at radius 1 is 0.786 bits per heavy atom. The lowest BCUT2D eigenvalue weighted by Gasteiger charge is -2.34. The zero-order valence-electron chi connectivity index (χ0n) is 18.3. The summed E-state index contributed by atoms with van der Waals surface area (Å²) in [4.78, 5) is 0. The summed E-state index contributed by atoms with van der Waals surface area (Å²) in [5.74, 6) is 0. The molecule has 0 saturated heterocycles. The SMILES string of the molecule is CCCCc1cccc(P(c2ccccc2C)C2CCCCC2)c1CCCC. The van der Waals surface area contributed by atoms with E-state index in [1.807, 2.05) is 0 Å². The van der Waals surface area contributed by atoms with Crippen LogP contribution < -0.4 is 10.6 Å². The first-order valence-corrected chi connectivity index (χ1v) is 13.1. The minimum absolute atomic E-state index is 0.258. The fourth-order valence-electron chi connectivity index (χ4n) is 4.79. The van der Waals surface area contributed by atoms with Gasteiger partial charge in [-0.25, -0.2) is 0 Å². The molecule has 0 spiro atoms. The van der Waals surface area contributed by atoms with Crippen LogP contribution in [0.25, 0.3) is 0 Å². The maximum Gasteiger partial charge on any atom is -0.0129 e. The fraction of sp³-hybridized carbons (Fsp3) is 0.556. The van der Waals surface area contributed by atoms with Gasteiger partial charge in [0.1, 0.15) is 0 Å². The Labute approximate surface area is 174 Å². The zero-order valence-corrected chi connectivity index (χ0v) is 19.2. The molecule has 1 unspecified atom stereocenters. The van der Waals surface area contributed by atoms with Gasteiger partial charge in [0, 0.05) is 0 Å². The Kier molecular flexibility index (Phi) is 8.60. The van der Waals surface area contributed by atoms with Gasteiger partial charge in [0.25, 0.3) is 0 Å². The van der Waals surface area contributed by atoms with E-state index in [1.54, 1.807) is 21.7 Å². The van der Waals surface area contributed by atoms with Crippen molar-refractivity contribution in [3.8, 4) is 0 Å². The van der Waals surface area contributed by atoms with Crippen molar-refractivity contribution in [2.45, 2.75) is 97.1 Å². The van der Waals surface area contributed by atoms with E-state index in [0.717, 1.165) is 5.66 Å². The monoisotopic (exact) mass is 394 g/mol. The molecule has 1 aliphatic rings. The summed E-state index contributed by atoms with van der Waals surface area (Å²) >= 11 is 0. The van der Waals surface area contributed by atoms with Crippen molar-refractivity contribution in [1.29, 1.82) is 0 Å². The highest BCUT2D eigenvalue weighted by Gasteiger charge is 2.29. The van der Waals surface area contributed by atoms with Crippen LogP contribution in [0.4, 0.5) is 0 Å². The molecule has 2 aromatic rings. The second kappa shape index (κ2) is 11.2. The molecular weight excluding hydrogens is 355 g/mol. The van der Waals surface area contributed by atoms with Crippen LogP contribution in [-0.2, 0) is 12.8 Å². The van der Waals surface area contributed by atoms with Crippen LogP contribution in [0.1, 0.15) is 88.3 Å². The molecule has 28 heavy (non-hydrogen) atoms. The molecule has 0 aliphatic heterocycles. The van der Waals surface area contributed by atoms with Crippen molar-refractivity contribution in [3.63, 3.8) is 0 Å². The van der Waals surface area contributed by atoms with Gasteiger partial charge in [-0.15, -0.1) is 0 Å². The highest BCUT2D eigenvalue weighted by Crippen LogP contribution is 2.48. The molecule has 0 amide bonds. The van der Waals surface area contributed by atoms with E-state index < -0.39 is 0 Å². The highest BCUT2D eigenvalue weighted by molar-refractivity contribution is 7.73. The smallest absolute Gasteiger partial charge is 0.0129 e. The molecule has 1 aliphatic carbocycles. The third kappa shape index (κ3) is 5.27. The maximum atomic E-state index is 2.51. The van der Waals surface area contributed by atoms with Crippen LogP contribution in [-0.4, -0.2) is 5.66 Å². The second-order valence-electron chi connectivity index (χ2n) is 8.57. The Morgan fingerprint density at radius 2 is 1.46 bits per heavy atom. The minimum Gasteiger partial charge on any atom is -0.0654 e. The summed E-state index contributed by atoms with van der Waals surface area (Å²) in [6.07, 6.45) is 14.9. The lowest BCUT2D eigenvalue weighted by molar-refractivity contribution is 0.513. The summed E-state index contributed by atoms with van der Waals surface area (Å²) < 4.78 is 0. The molecule has 0 N–H and O–H groups in total. The van der Waals surface area contributed by atoms with Crippen molar-refractivity contribution in [2.24, 2.45) is 0 Å². The largest absolute Gasteiger partial charge is 0.0654 e. The van der Waals surface area contributed by atoms with E-state index in [2.05, 4.69) is 63.2 Å². The average Bonchev–Trinajstić information content (AvgIpc) is 2.74. The number of hydrogen-bond donors (Lipinski definition) is 0. The van der Waals surface area contributed by atoms with Gasteiger partial charge < -0.3 is 0 Å². The predicted octanol–water partition coefficient (Wildman–Crippen LogP) is 7.45. The van der Waals surface area contributed by atoms with Gasteiger partial charge in [0.15, 0.2) is 0 Å². The second-order valence-corrected chi connectivity index (χ2v) is 11.0. The summed E-state index contributed by atoms with van der Waals surface area (Å²) in [6.45, 7) is 6.98. The van der Waals surface area contributed by atoms with Crippen LogP contribution in [0.15, 0.2) is 42.5 Å². The first-order valence-electron chi connectivity index (χ1n) is 11.7. The van der Waals surface area contributed by atoms with Gasteiger partial charge in [0.2, 0.25) is 0 Å². The third-order valence-corrected chi connectivity index (χ3v) is 9.61. The number of aryl methyl sites for hydroxylation is 2. The molecule has 152 valence electrons. The van der Waals surface area contributed by atoms with Gasteiger partial charge in [-0.1, -0.05) is 88.4 Å². The van der Waals surface area contributed by atoms with Crippen LogP contribution in [0.2, 0.25) is 0 Å². The average molecular weight is 395 g/mol. The number of rotatable bonds is 9. The summed E-state index contributed by atoms with van der Waals surface area (Å²) in [5.41, 5.74) is 5.73. The normalized spacial score (nSPS) is 16.2. The molecule has 3 rings (SSSR count). The van der Waals surface area contributed by atoms with Crippen LogP contribution >= 0.6 is 7.92 Å². The first kappa shape index (κ1) is 21.6. The van der Waals surface area contributed by atoms with Gasteiger partial charge in [-0.3, -0.25) is 0 Å². The highest BCUT2D eigenvalue weighted by atomic mass is 31.1. The van der Waals surface area contributed by atoms with Crippen LogP contribution in [0, 0.1) is 6.92 Å². The van der Waals surface area contributed by atoms with Crippen LogP contribution in [0.3, 0.4) is 0 Å². The number of hydrogen-bond acceptors (Lipinski definition) is 0. The Morgan fingerprint density at radius 3 is 2.18 bits per heavy atom. The lowest BCUT2D eigenvalue weighted by Crippen LogP contribution is -2.28. The Bertz CT molecular complexity index is 727. The molecule has 1 heteroatoms. The van der Waals surface area contributed by atoms with Crippen molar-refractivity contribution >= 4 is 18.5 Å². The lowest BCUT2D eigenvalue weighted by atomic mass is 9.98. The molecule has 0 radical (unpaired) electrons. The van der Waals surface area contributed by atoms with Crippen molar-refractivity contribution < 1.29 is 0 Å². The quantitative estimate of drug-likeness (QED) is 0.388. The van der Waals surface area contributed by atoms with E-state index in [4.69, 9.17) is 0 Å². The zero-order chi connectivity index (χ0) is 19.8. The molecular formula is C27H39P. The van der Waals surface area contributed by atoms with Gasteiger partial charge in [0.05, 0.1) is 0 Å². The predicted molar refractivity (Wildman–Crippen MR) is 128 cm³/mol. The van der Waals surface area contributed by atoms with E-state index >= 15 is 0 Å². The van der Waals surface area contributed by atoms with E-state index in [9.17, 15) is 0 Å². The summed E-state index contributed by atoms with van der Waals surface area (Å²) in [6, 6.07) is 16.6. The minimum atomic E-state index is -0.258. The molecule has 1 saturated carbocycles. The Hall–Kier alpha value is -1.13. The van der Waals surface area contributed by atoms with Crippen LogP contribution in [0.5, 0.6) is 0 Å². The third-order valence-electron chi connectivity index (χ3n) is 6.40. The molecule has 0 nitrogen and oxygen atoms in total. The Balaban J connectivity index is 2.08. The summed E-state index contributed by atoms with van der Waals surface area (Å²) in [7, 11) is -0.258. The van der Waals surface area contributed by atoms with Crippen molar-refractivity contribution in [2.75, 3.05) is 0 Å². The van der Waals surface area contributed by atoms with E-state index in [-0.39, 0.29) is 7.92 Å². The topological polar surface area (TPSA) is 0 Å². The molecule has 0 bridgehead atoms. The molecule has 0 heterocycles. The van der Waals surface area contributed by atoms with Gasteiger partial charge in [-0.2, -0.15) is 0 Å². The maximum absolute atomic E-state index is 2.51. The van der Waals surface area contributed by atoms with Crippen molar-refractivity contribution in [1.82, 2.24) is 0 Å². The van der Waals surface area contributed by atoms with E-state index in [1.165, 1.54) is 76.2 Å². The van der Waals surface area contributed by atoms with Gasteiger partial charge in [-0.05, 0) is 86.3 Å². The number of unbranched alkanes of at least 4 members (excludes halogenated alkanes) is 2. The molecule has 1 fully saturated rings. The number of benzene rings is 2. The summed E-state index contributed by atoms with van der Waals surface area (Å²) in [5, 5.41) is 3.37. The molecule has 1 atom stereocenters. The fourth-order valence-corrected chi connectivity index (χ4v) is 8.21. The van der Waals surface area contributed by atoms with Gasteiger partial charge >= 0.3 is 0 Å².